The fourth-order valence-corrected chi connectivity index (χ4v) is 9.29. The lowest BCUT2D eigenvalue weighted by atomic mass is 9.33. The van der Waals surface area contributed by atoms with E-state index in [4.69, 9.17) is 9.52 Å². The SMILES string of the molecule is c1ccc(-c2nnc(C34CC5(c6ccccc6)CC(c6ccccc6)(CC(c6ccccc6)(C5)C3)C4)o2)cc1. The van der Waals surface area contributed by atoms with Crippen LogP contribution in [-0.2, 0) is 21.7 Å². The highest BCUT2D eigenvalue weighted by Crippen LogP contribution is 2.74. The van der Waals surface area contributed by atoms with Crippen LogP contribution < -0.4 is 0 Å². The molecule has 192 valence electrons. The topological polar surface area (TPSA) is 38.9 Å². The first-order chi connectivity index (χ1) is 19.1. The van der Waals surface area contributed by atoms with Gasteiger partial charge >= 0.3 is 0 Å². The summed E-state index contributed by atoms with van der Waals surface area (Å²) in [6.45, 7) is 0. The molecule has 4 bridgehead atoms. The summed E-state index contributed by atoms with van der Waals surface area (Å²) >= 11 is 0. The Morgan fingerprint density at radius 2 is 0.769 bits per heavy atom. The number of rotatable bonds is 5. The normalized spacial score (nSPS) is 30.9. The second-order valence-electron chi connectivity index (χ2n) is 12.6. The van der Waals surface area contributed by atoms with Crippen LogP contribution in [0.3, 0.4) is 0 Å². The van der Waals surface area contributed by atoms with Crippen molar-refractivity contribution in [3.8, 4) is 11.5 Å². The third-order valence-electron chi connectivity index (χ3n) is 10.1. The zero-order valence-electron chi connectivity index (χ0n) is 22.1. The number of benzene rings is 4. The molecule has 0 atom stereocenters. The minimum absolute atomic E-state index is 0.0308. The Morgan fingerprint density at radius 3 is 1.18 bits per heavy atom. The molecule has 1 aromatic heterocycles. The minimum atomic E-state index is -0.198. The molecule has 39 heavy (non-hydrogen) atoms. The fraction of sp³-hybridized carbons (Fsp3) is 0.278. The molecule has 4 aliphatic carbocycles. The molecule has 1 heterocycles. The van der Waals surface area contributed by atoms with E-state index in [0.717, 1.165) is 50.0 Å². The number of hydrogen-bond acceptors (Lipinski definition) is 3. The van der Waals surface area contributed by atoms with Gasteiger partial charge in [-0.15, -0.1) is 10.2 Å². The highest BCUT2D eigenvalue weighted by molar-refractivity contribution is 5.53. The van der Waals surface area contributed by atoms with E-state index in [1.807, 2.05) is 18.2 Å². The van der Waals surface area contributed by atoms with Gasteiger partial charge in [0, 0.05) is 5.56 Å². The van der Waals surface area contributed by atoms with Crippen molar-refractivity contribution in [3.05, 3.63) is 144 Å². The van der Waals surface area contributed by atoms with Crippen LogP contribution in [-0.4, -0.2) is 10.2 Å². The third kappa shape index (κ3) is 3.42. The predicted molar refractivity (Wildman–Crippen MR) is 153 cm³/mol. The standard InChI is InChI=1S/C36H32N2O/c1-5-13-27(14-6-1)31-37-38-32(39-31)36-24-33(28-15-7-2-8-16-28)21-34(25-36,29-17-9-3-10-18-29)23-35(22-33,26-36)30-19-11-4-12-20-30/h1-20H,21-26H2. The molecular weight excluding hydrogens is 476 g/mol. The van der Waals surface area contributed by atoms with Crippen LogP contribution in [0.5, 0.6) is 0 Å². The monoisotopic (exact) mass is 508 g/mol. The van der Waals surface area contributed by atoms with E-state index in [9.17, 15) is 0 Å². The number of aromatic nitrogens is 2. The van der Waals surface area contributed by atoms with Crippen LogP contribution in [0, 0.1) is 0 Å². The zero-order valence-corrected chi connectivity index (χ0v) is 22.1. The van der Waals surface area contributed by atoms with Gasteiger partial charge in [-0.1, -0.05) is 109 Å². The van der Waals surface area contributed by atoms with E-state index < -0.39 is 0 Å². The van der Waals surface area contributed by atoms with Crippen molar-refractivity contribution in [2.45, 2.75) is 60.2 Å². The second kappa shape index (κ2) is 8.26. The molecule has 5 aromatic rings. The van der Waals surface area contributed by atoms with Crippen molar-refractivity contribution in [2.75, 3.05) is 0 Å². The van der Waals surface area contributed by atoms with Gasteiger partial charge in [-0.2, -0.15) is 0 Å². The van der Waals surface area contributed by atoms with E-state index in [-0.39, 0.29) is 21.7 Å². The quantitative estimate of drug-likeness (QED) is 0.240. The summed E-state index contributed by atoms with van der Waals surface area (Å²) in [4.78, 5) is 0. The molecule has 9 rings (SSSR count). The Labute approximate surface area is 229 Å². The Morgan fingerprint density at radius 1 is 0.410 bits per heavy atom. The lowest BCUT2D eigenvalue weighted by Gasteiger charge is -2.70. The van der Waals surface area contributed by atoms with Gasteiger partial charge in [0.2, 0.25) is 11.8 Å². The van der Waals surface area contributed by atoms with Crippen LogP contribution in [0.15, 0.2) is 126 Å². The molecule has 3 heteroatoms. The zero-order chi connectivity index (χ0) is 26.0. The lowest BCUT2D eigenvalue weighted by molar-refractivity contribution is -0.0780. The summed E-state index contributed by atoms with van der Waals surface area (Å²) in [6.07, 6.45) is 6.61. The van der Waals surface area contributed by atoms with Gasteiger partial charge < -0.3 is 4.42 Å². The molecule has 0 radical (unpaired) electrons. The van der Waals surface area contributed by atoms with E-state index in [0.29, 0.717) is 5.89 Å². The lowest BCUT2D eigenvalue weighted by Crippen LogP contribution is -2.67. The van der Waals surface area contributed by atoms with Crippen molar-refractivity contribution >= 4 is 0 Å². The maximum absolute atomic E-state index is 6.67. The van der Waals surface area contributed by atoms with Crippen LogP contribution in [0.2, 0.25) is 0 Å². The first kappa shape index (κ1) is 23.0. The van der Waals surface area contributed by atoms with Crippen molar-refractivity contribution in [2.24, 2.45) is 0 Å². The van der Waals surface area contributed by atoms with Gasteiger partial charge in [0.1, 0.15) is 0 Å². The summed E-state index contributed by atoms with van der Waals surface area (Å²) in [5.41, 5.74) is 5.24. The van der Waals surface area contributed by atoms with E-state index >= 15 is 0 Å². The average Bonchev–Trinajstić information content (AvgIpc) is 3.50. The van der Waals surface area contributed by atoms with E-state index in [1.54, 1.807) is 0 Å². The summed E-state index contributed by atoms with van der Waals surface area (Å²) in [5.74, 6) is 1.44. The van der Waals surface area contributed by atoms with Gasteiger partial charge in [0.05, 0.1) is 5.41 Å². The maximum atomic E-state index is 6.67. The van der Waals surface area contributed by atoms with Crippen LogP contribution >= 0.6 is 0 Å². The molecule has 4 aromatic carbocycles. The summed E-state index contributed by atoms with van der Waals surface area (Å²) < 4.78 is 6.67. The summed E-state index contributed by atoms with van der Waals surface area (Å²) in [7, 11) is 0. The van der Waals surface area contributed by atoms with Gasteiger partial charge in [-0.3, -0.25) is 0 Å². The predicted octanol–water partition coefficient (Wildman–Crippen LogP) is 8.17. The van der Waals surface area contributed by atoms with Gasteiger partial charge in [-0.05, 0) is 83.6 Å². The molecule has 0 saturated heterocycles. The molecule has 4 fully saturated rings. The molecular formula is C36H32N2O. The Hall–Kier alpha value is -3.98. The molecule has 0 unspecified atom stereocenters. The van der Waals surface area contributed by atoms with Crippen LogP contribution in [0.1, 0.15) is 61.1 Å². The second-order valence-corrected chi connectivity index (χ2v) is 12.6. The van der Waals surface area contributed by atoms with E-state index in [2.05, 4.69) is 108 Å². The van der Waals surface area contributed by atoms with Crippen molar-refractivity contribution in [1.29, 1.82) is 0 Å². The molecule has 0 amide bonds. The molecule has 4 aliphatic rings. The smallest absolute Gasteiger partial charge is 0.247 e. The molecule has 0 spiro atoms. The Bertz CT molecular complexity index is 1470. The third-order valence-corrected chi connectivity index (χ3v) is 10.1. The summed E-state index contributed by atoms with van der Waals surface area (Å²) in [5, 5.41) is 9.45. The van der Waals surface area contributed by atoms with Gasteiger partial charge in [0.25, 0.3) is 0 Å². The Balaban J connectivity index is 1.38. The molecule has 3 nitrogen and oxygen atoms in total. The molecule has 4 saturated carbocycles. The largest absolute Gasteiger partial charge is 0.420 e. The first-order valence-electron chi connectivity index (χ1n) is 14.2. The highest BCUT2D eigenvalue weighted by atomic mass is 16.4. The van der Waals surface area contributed by atoms with Gasteiger partial charge in [0.15, 0.2) is 0 Å². The maximum Gasteiger partial charge on any atom is 0.247 e. The average molecular weight is 509 g/mol. The number of hydrogen-bond donors (Lipinski definition) is 0. The van der Waals surface area contributed by atoms with Gasteiger partial charge in [-0.25, -0.2) is 0 Å². The molecule has 0 aliphatic heterocycles. The fourth-order valence-electron chi connectivity index (χ4n) is 9.29. The van der Waals surface area contributed by atoms with Crippen LogP contribution in [0.25, 0.3) is 11.5 Å². The highest BCUT2D eigenvalue weighted by Gasteiger charge is 2.70. The van der Waals surface area contributed by atoms with Crippen molar-refractivity contribution in [3.63, 3.8) is 0 Å². The molecule has 0 N–H and O–H groups in total. The summed E-state index contributed by atoms with van der Waals surface area (Å²) in [6, 6.07) is 44.1. The minimum Gasteiger partial charge on any atom is -0.420 e. The van der Waals surface area contributed by atoms with E-state index in [1.165, 1.54) is 16.7 Å². The number of nitrogens with zero attached hydrogens (tertiary/aromatic N) is 2. The first-order valence-corrected chi connectivity index (χ1v) is 14.2. The Kier molecular flexibility index (Phi) is 4.86. The van der Waals surface area contributed by atoms with Crippen molar-refractivity contribution < 1.29 is 4.42 Å². The van der Waals surface area contributed by atoms with Crippen molar-refractivity contribution in [1.82, 2.24) is 10.2 Å². The van der Waals surface area contributed by atoms with Crippen LogP contribution in [0.4, 0.5) is 0 Å².